The molecule has 6 heteroatoms. The van der Waals surface area contributed by atoms with Gasteiger partial charge in [0.15, 0.2) is 11.5 Å². The van der Waals surface area contributed by atoms with Gasteiger partial charge in [0.25, 0.3) is 0 Å². The van der Waals surface area contributed by atoms with Crippen LogP contribution in [0.3, 0.4) is 0 Å². The molecule has 164 valence electrons. The molecule has 0 aliphatic carbocycles. The van der Waals surface area contributed by atoms with Gasteiger partial charge in [-0.05, 0) is 12.1 Å². The summed E-state index contributed by atoms with van der Waals surface area (Å²) in [6.45, 7) is 12.2. The molecule has 0 spiro atoms. The summed E-state index contributed by atoms with van der Waals surface area (Å²) in [5.41, 5.74) is 1.18. The molecular weight excluding hydrogens is 434 g/mol. The highest BCUT2D eigenvalue weighted by Gasteiger charge is 2.08. The second-order valence-corrected chi connectivity index (χ2v) is 6.00. The van der Waals surface area contributed by atoms with Crippen LogP contribution in [0.5, 0.6) is 23.0 Å². The van der Waals surface area contributed by atoms with E-state index in [0.29, 0.717) is 28.5 Å². The average Bonchev–Trinajstić information content (AvgIpc) is 2.77. The van der Waals surface area contributed by atoms with Crippen LogP contribution in [0.4, 0.5) is 5.69 Å². The summed E-state index contributed by atoms with van der Waals surface area (Å²) in [6, 6.07) is 8.73. The van der Waals surface area contributed by atoms with Gasteiger partial charge in [0.05, 0.1) is 27.0 Å². The number of hydrogen-bond acceptors (Lipinski definition) is 5. The molecule has 5 nitrogen and oxygen atoms in total. The van der Waals surface area contributed by atoms with E-state index in [1.165, 1.54) is 13.5 Å². The van der Waals surface area contributed by atoms with E-state index in [-0.39, 0.29) is 5.75 Å². The molecule has 0 atom stereocenters. The molecule has 0 amide bonds. The first kappa shape index (κ1) is 29.0. The lowest BCUT2D eigenvalue weighted by Gasteiger charge is -2.07. The molecule has 0 unspecified atom stereocenters. The van der Waals surface area contributed by atoms with Crippen molar-refractivity contribution in [2.24, 2.45) is 4.99 Å². The fraction of sp³-hybridized carbons (Fsp3) is 0.435. The molecule has 0 heterocycles. The minimum absolute atomic E-state index is 0.0318. The van der Waals surface area contributed by atoms with E-state index in [1.54, 1.807) is 50.8 Å². The van der Waals surface area contributed by atoms with Crippen molar-refractivity contribution in [3.05, 3.63) is 40.4 Å². The monoisotopic (exact) mass is 469 g/mol. The van der Waals surface area contributed by atoms with Crippen molar-refractivity contribution in [2.75, 3.05) is 21.3 Å². The maximum atomic E-state index is 10.1. The van der Waals surface area contributed by atoms with Gasteiger partial charge in [-0.3, -0.25) is 4.99 Å². The van der Waals surface area contributed by atoms with E-state index >= 15 is 0 Å². The molecule has 0 saturated heterocycles. The Morgan fingerprint density at radius 3 is 1.76 bits per heavy atom. The summed E-state index contributed by atoms with van der Waals surface area (Å²) in [6.07, 6.45) is 2.80. The van der Waals surface area contributed by atoms with Crippen LogP contribution in [0, 0.1) is 0 Å². The fourth-order valence-corrected chi connectivity index (χ4v) is 2.31. The zero-order chi connectivity index (χ0) is 22.8. The number of halogens is 1. The molecule has 0 radical (unpaired) electrons. The van der Waals surface area contributed by atoms with Gasteiger partial charge in [-0.1, -0.05) is 63.9 Å². The molecule has 0 aliphatic rings. The van der Waals surface area contributed by atoms with Gasteiger partial charge >= 0.3 is 0 Å². The van der Waals surface area contributed by atoms with Gasteiger partial charge in [-0.15, -0.1) is 0 Å². The quantitative estimate of drug-likeness (QED) is 0.463. The third-order valence-corrected chi connectivity index (χ3v) is 3.44. The lowest BCUT2D eigenvalue weighted by Crippen LogP contribution is -1.90. The lowest BCUT2D eigenvalue weighted by atomic mass is 10.2. The summed E-state index contributed by atoms with van der Waals surface area (Å²) in [5, 5.41) is 10.1. The Balaban J connectivity index is 0. The van der Waals surface area contributed by atoms with Crippen LogP contribution in [-0.2, 0) is 0 Å². The molecule has 2 rings (SSSR count). The van der Waals surface area contributed by atoms with E-state index in [2.05, 4.69) is 34.8 Å². The minimum Gasteiger partial charge on any atom is -0.504 e. The normalized spacial score (nSPS) is 9.17. The van der Waals surface area contributed by atoms with E-state index < -0.39 is 0 Å². The summed E-state index contributed by atoms with van der Waals surface area (Å²) >= 11 is 3.37. The van der Waals surface area contributed by atoms with Crippen molar-refractivity contribution in [1.29, 1.82) is 0 Å². The number of benzene rings is 2. The number of ether oxygens (including phenoxy) is 3. The van der Waals surface area contributed by atoms with Crippen LogP contribution in [-0.4, -0.2) is 32.7 Å². The predicted octanol–water partition coefficient (Wildman–Crippen LogP) is 7.40. The number of nitrogens with zero attached hydrogens (tertiary/aromatic N) is 1. The smallest absolute Gasteiger partial charge is 0.166 e. The number of phenols is 1. The van der Waals surface area contributed by atoms with Gasteiger partial charge in [0.1, 0.15) is 11.5 Å². The molecule has 29 heavy (non-hydrogen) atoms. The summed E-state index contributed by atoms with van der Waals surface area (Å²) < 4.78 is 16.3. The molecule has 0 aromatic heterocycles. The molecule has 2 aromatic rings. The Bertz CT molecular complexity index is 696. The van der Waals surface area contributed by atoms with Gasteiger partial charge in [-0.2, -0.15) is 0 Å². The second kappa shape index (κ2) is 17.9. The molecule has 0 bridgehead atoms. The lowest BCUT2D eigenvalue weighted by molar-refractivity contribution is 0.373. The van der Waals surface area contributed by atoms with Crippen molar-refractivity contribution >= 4 is 27.8 Å². The minimum atomic E-state index is 0.0318. The Kier molecular flexibility index (Phi) is 17.9. The van der Waals surface area contributed by atoms with Crippen LogP contribution < -0.4 is 14.2 Å². The van der Waals surface area contributed by atoms with Crippen LogP contribution in [0.15, 0.2) is 39.8 Å². The first-order chi connectivity index (χ1) is 14.0. The van der Waals surface area contributed by atoms with Crippen LogP contribution in [0.25, 0.3) is 0 Å². The van der Waals surface area contributed by atoms with E-state index in [1.807, 2.05) is 27.7 Å². The Hall–Kier alpha value is -2.21. The topological polar surface area (TPSA) is 60.3 Å². The average molecular weight is 470 g/mol. The zero-order valence-electron chi connectivity index (χ0n) is 19.2. The maximum absolute atomic E-state index is 10.1. The fourth-order valence-electron chi connectivity index (χ4n) is 1.86. The van der Waals surface area contributed by atoms with Crippen molar-refractivity contribution in [1.82, 2.24) is 0 Å². The van der Waals surface area contributed by atoms with Crippen LogP contribution in [0.2, 0.25) is 0 Å². The summed E-state index contributed by atoms with van der Waals surface area (Å²) in [5.74, 6) is 1.69. The van der Waals surface area contributed by atoms with Gasteiger partial charge in [0.2, 0.25) is 0 Å². The highest BCUT2D eigenvalue weighted by atomic mass is 79.9. The summed E-state index contributed by atoms with van der Waals surface area (Å²) in [7, 11) is 4.65. The van der Waals surface area contributed by atoms with Crippen molar-refractivity contribution in [2.45, 2.75) is 48.0 Å². The van der Waals surface area contributed by atoms with E-state index in [0.717, 1.165) is 4.47 Å². The number of aromatic hydroxyl groups is 1. The number of methoxy groups -OCH3 is 3. The standard InChI is InChI=1S/C16H16BrNO4.C3H8.2C2H6/c1-20-13-6-12(7-14(8-13)21-2)18-9-10-4-11(17)5-15(22-3)16(10)19;1-3-2;2*1-2/h4-9,19H,1-3H3;3H2,1-2H3;2*1-2H3. The molecule has 0 saturated carbocycles. The maximum Gasteiger partial charge on any atom is 0.166 e. The third kappa shape index (κ3) is 10.8. The highest BCUT2D eigenvalue weighted by Crippen LogP contribution is 2.33. The number of phenolic OH excluding ortho intramolecular Hbond substituents is 1. The van der Waals surface area contributed by atoms with Crippen molar-refractivity contribution in [3.63, 3.8) is 0 Å². The van der Waals surface area contributed by atoms with E-state index in [9.17, 15) is 5.11 Å². The number of aliphatic imine (C=N–C) groups is 1. The SMILES string of the molecule is CC.CC.CCC.COc1cc(N=Cc2cc(Br)cc(OC)c2O)cc(OC)c1. The first-order valence-corrected chi connectivity index (χ1v) is 10.6. The molecular formula is C23H36BrNO4. The Morgan fingerprint density at radius 1 is 0.862 bits per heavy atom. The number of rotatable bonds is 5. The number of hydrogen-bond donors (Lipinski definition) is 1. The van der Waals surface area contributed by atoms with Crippen LogP contribution >= 0.6 is 15.9 Å². The molecule has 2 aromatic carbocycles. The molecule has 1 N–H and O–H groups in total. The van der Waals surface area contributed by atoms with Gasteiger partial charge < -0.3 is 19.3 Å². The van der Waals surface area contributed by atoms with E-state index in [4.69, 9.17) is 14.2 Å². The van der Waals surface area contributed by atoms with Gasteiger partial charge in [0, 0.05) is 34.4 Å². The summed E-state index contributed by atoms with van der Waals surface area (Å²) in [4.78, 5) is 4.35. The Morgan fingerprint density at radius 2 is 1.34 bits per heavy atom. The second-order valence-electron chi connectivity index (χ2n) is 5.08. The van der Waals surface area contributed by atoms with Crippen LogP contribution in [0.1, 0.15) is 53.5 Å². The van der Waals surface area contributed by atoms with Crippen molar-refractivity contribution < 1.29 is 19.3 Å². The zero-order valence-corrected chi connectivity index (χ0v) is 20.8. The van der Waals surface area contributed by atoms with Crippen molar-refractivity contribution in [3.8, 4) is 23.0 Å². The molecule has 0 fully saturated rings. The Labute approximate surface area is 184 Å². The predicted molar refractivity (Wildman–Crippen MR) is 128 cm³/mol. The largest absolute Gasteiger partial charge is 0.504 e. The first-order valence-electron chi connectivity index (χ1n) is 9.82. The molecule has 0 aliphatic heterocycles. The highest BCUT2D eigenvalue weighted by molar-refractivity contribution is 9.10. The van der Waals surface area contributed by atoms with Gasteiger partial charge in [-0.25, -0.2) is 0 Å². The third-order valence-electron chi connectivity index (χ3n) is 2.98.